The second kappa shape index (κ2) is 3.57. The topological polar surface area (TPSA) is 22.1 Å². The van der Waals surface area contributed by atoms with Gasteiger partial charge in [0.2, 0.25) is 5.88 Å². The van der Waals surface area contributed by atoms with E-state index >= 15 is 0 Å². The summed E-state index contributed by atoms with van der Waals surface area (Å²) >= 11 is 0. The van der Waals surface area contributed by atoms with Crippen molar-refractivity contribution in [3.63, 3.8) is 0 Å². The highest BCUT2D eigenvalue weighted by Crippen LogP contribution is 2.17. The van der Waals surface area contributed by atoms with Crippen LogP contribution in [-0.4, -0.2) is 10.6 Å². The summed E-state index contributed by atoms with van der Waals surface area (Å²) in [6.07, 6.45) is 2.71. The van der Waals surface area contributed by atoms with Gasteiger partial charge in [0.25, 0.3) is 0 Å². The van der Waals surface area contributed by atoms with E-state index in [1.54, 1.807) is 6.20 Å². The summed E-state index contributed by atoms with van der Waals surface area (Å²) < 4.78 is 5.64. The van der Waals surface area contributed by atoms with Gasteiger partial charge >= 0.3 is 0 Å². The molecule has 12 heavy (non-hydrogen) atoms. The van der Waals surface area contributed by atoms with Crippen LogP contribution in [0.3, 0.4) is 0 Å². The second-order valence-corrected chi connectivity index (χ2v) is 3.38. The zero-order valence-electron chi connectivity index (χ0n) is 7.87. The molecule has 0 atom stereocenters. The van der Waals surface area contributed by atoms with Crippen molar-refractivity contribution < 1.29 is 4.74 Å². The lowest BCUT2D eigenvalue weighted by Crippen LogP contribution is -2.27. The third-order valence-electron chi connectivity index (χ3n) is 1.87. The first-order valence-electron chi connectivity index (χ1n) is 4.24. The number of nitrogens with zero attached hydrogens (tertiary/aromatic N) is 1. The Bertz CT molecular complexity index is 231. The fourth-order valence-electron chi connectivity index (χ4n) is 0.763. The van der Waals surface area contributed by atoms with Crippen LogP contribution >= 0.6 is 0 Å². The van der Waals surface area contributed by atoms with Crippen LogP contribution in [0.1, 0.15) is 27.2 Å². The fourth-order valence-corrected chi connectivity index (χ4v) is 0.763. The van der Waals surface area contributed by atoms with Crippen LogP contribution in [0, 0.1) is 0 Å². The van der Waals surface area contributed by atoms with Gasteiger partial charge in [-0.15, -0.1) is 0 Å². The van der Waals surface area contributed by atoms with Crippen LogP contribution < -0.4 is 4.74 Å². The van der Waals surface area contributed by atoms with Crippen LogP contribution in [0.25, 0.3) is 0 Å². The molecule has 0 spiro atoms. The van der Waals surface area contributed by atoms with Crippen molar-refractivity contribution in [3.8, 4) is 5.88 Å². The maximum absolute atomic E-state index is 5.64. The van der Waals surface area contributed by atoms with E-state index in [1.165, 1.54) is 0 Å². The molecular formula is C10H15NO. The van der Waals surface area contributed by atoms with E-state index in [2.05, 4.69) is 25.8 Å². The zero-order chi connectivity index (χ0) is 9.03. The third-order valence-corrected chi connectivity index (χ3v) is 1.87. The van der Waals surface area contributed by atoms with E-state index < -0.39 is 0 Å². The number of ether oxygens (including phenoxy) is 1. The molecule has 2 nitrogen and oxygen atoms in total. The first kappa shape index (κ1) is 9.04. The van der Waals surface area contributed by atoms with Crippen molar-refractivity contribution in [1.82, 2.24) is 4.98 Å². The number of aromatic nitrogens is 1. The molecule has 0 N–H and O–H groups in total. The Balaban J connectivity index is 2.64. The van der Waals surface area contributed by atoms with E-state index in [0.717, 1.165) is 6.42 Å². The molecule has 0 radical (unpaired) electrons. The minimum absolute atomic E-state index is 0.117. The average molecular weight is 165 g/mol. The van der Waals surface area contributed by atoms with Crippen molar-refractivity contribution in [2.24, 2.45) is 0 Å². The lowest BCUT2D eigenvalue weighted by Gasteiger charge is -2.23. The highest BCUT2D eigenvalue weighted by atomic mass is 16.5. The van der Waals surface area contributed by atoms with Crippen LogP contribution in [0.4, 0.5) is 0 Å². The monoisotopic (exact) mass is 165 g/mol. The molecular weight excluding hydrogens is 150 g/mol. The largest absolute Gasteiger partial charge is 0.472 e. The molecule has 0 saturated carbocycles. The normalized spacial score (nSPS) is 11.2. The number of pyridine rings is 1. The molecule has 0 amide bonds. The predicted octanol–water partition coefficient (Wildman–Crippen LogP) is 2.65. The third kappa shape index (κ3) is 2.53. The minimum Gasteiger partial charge on any atom is -0.472 e. The van der Waals surface area contributed by atoms with Crippen LogP contribution in [0.5, 0.6) is 5.88 Å². The van der Waals surface area contributed by atoms with Crippen molar-refractivity contribution in [3.05, 3.63) is 24.4 Å². The molecule has 0 saturated heterocycles. The van der Waals surface area contributed by atoms with E-state index in [9.17, 15) is 0 Å². The fraction of sp³-hybridized carbons (Fsp3) is 0.500. The molecule has 0 aliphatic heterocycles. The summed E-state index contributed by atoms with van der Waals surface area (Å²) in [5, 5.41) is 0. The Morgan fingerprint density at radius 3 is 2.67 bits per heavy atom. The van der Waals surface area contributed by atoms with Gasteiger partial charge in [0.15, 0.2) is 0 Å². The molecule has 2 heteroatoms. The number of hydrogen-bond acceptors (Lipinski definition) is 2. The first-order chi connectivity index (χ1) is 5.64. The van der Waals surface area contributed by atoms with Gasteiger partial charge in [-0.25, -0.2) is 4.98 Å². The van der Waals surface area contributed by atoms with E-state index in [4.69, 9.17) is 4.74 Å². The Morgan fingerprint density at radius 1 is 1.42 bits per heavy atom. The van der Waals surface area contributed by atoms with Gasteiger partial charge in [-0.05, 0) is 26.3 Å². The SMILES string of the molecule is CCC(C)(C)Oc1ccccn1. The summed E-state index contributed by atoms with van der Waals surface area (Å²) in [6.45, 7) is 6.21. The van der Waals surface area contributed by atoms with Gasteiger partial charge in [0.1, 0.15) is 5.60 Å². The summed E-state index contributed by atoms with van der Waals surface area (Å²) in [4.78, 5) is 4.09. The van der Waals surface area contributed by atoms with Crippen molar-refractivity contribution >= 4 is 0 Å². The van der Waals surface area contributed by atoms with E-state index in [-0.39, 0.29) is 5.60 Å². The highest BCUT2D eigenvalue weighted by Gasteiger charge is 2.16. The predicted molar refractivity (Wildman–Crippen MR) is 49.2 cm³/mol. The first-order valence-corrected chi connectivity index (χ1v) is 4.24. The average Bonchev–Trinajstić information content (AvgIpc) is 2.06. The smallest absolute Gasteiger partial charge is 0.213 e. The molecule has 66 valence electrons. The van der Waals surface area contributed by atoms with Gasteiger partial charge in [0, 0.05) is 12.3 Å². The Morgan fingerprint density at radius 2 is 2.17 bits per heavy atom. The maximum Gasteiger partial charge on any atom is 0.213 e. The van der Waals surface area contributed by atoms with Crippen LogP contribution in [0.2, 0.25) is 0 Å². The molecule has 1 aromatic heterocycles. The zero-order valence-corrected chi connectivity index (χ0v) is 7.87. The Kier molecular flexibility index (Phi) is 2.69. The van der Waals surface area contributed by atoms with Crippen molar-refractivity contribution in [2.45, 2.75) is 32.8 Å². The van der Waals surface area contributed by atoms with Crippen molar-refractivity contribution in [1.29, 1.82) is 0 Å². The standard InChI is InChI=1S/C10H15NO/c1-4-10(2,3)12-9-7-5-6-8-11-9/h5-8H,4H2,1-3H3. The highest BCUT2D eigenvalue weighted by molar-refractivity contribution is 5.10. The molecule has 0 bridgehead atoms. The summed E-state index contributed by atoms with van der Waals surface area (Å²) in [5.41, 5.74) is -0.117. The minimum atomic E-state index is -0.117. The lowest BCUT2D eigenvalue weighted by molar-refractivity contribution is 0.0990. The van der Waals surface area contributed by atoms with Crippen molar-refractivity contribution in [2.75, 3.05) is 0 Å². The van der Waals surface area contributed by atoms with Gasteiger partial charge in [-0.1, -0.05) is 13.0 Å². The van der Waals surface area contributed by atoms with Crippen LogP contribution in [-0.2, 0) is 0 Å². The van der Waals surface area contributed by atoms with Gasteiger partial charge in [-0.2, -0.15) is 0 Å². The molecule has 0 aliphatic rings. The quantitative estimate of drug-likeness (QED) is 0.687. The number of rotatable bonds is 3. The molecule has 1 rings (SSSR count). The second-order valence-electron chi connectivity index (χ2n) is 3.38. The van der Waals surface area contributed by atoms with Gasteiger partial charge in [-0.3, -0.25) is 0 Å². The summed E-state index contributed by atoms with van der Waals surface area (Å²) in [5.74, 6) is 0.698. The summed E-state index contributed by atoms with van der Waals surface area (Å²) in [7, 11) is 0. The van der Waals surface area contributed by atoms with E-state index in [1.807, 2.05) is 18.2 Å². The number of hydrogen-bond donors (Lipinski definition) is 0. The maximum atomic E-state index is 5.64. The van der Waals surface area contributed by atoms with Gasteiger partial charge < -0.3 is 4.74 Å². The molecule has 1 aromatic rings. The molecule has 1 heterocycles. The Labute approximate surface area is 73.6 Å². The van der Waals surface area contributed by atoms with Gasteiger partial charge in [0.05, 0.1) is 0 Å². The molecule has 0 aliphatic carbocycles. The van der Waals surface area contributed by atoms with Crippen LogP contribution in [0.15, 0.2) is 24.4 Å². The molecule has 0 unspecified atom stereocenters. The molecule has 0 aromatic carbocycles. The Hall–Kier alpha value is -1.05. The molecule has 0 fully saturated rings. The summed E-state index contributed by atoms with van der Waals surface area (Å²) in [6, 6.07) is 5.68. The lowest BCUT2D eigenvalue weighted by atomic mass is 10.1. The van der Waals surface area contributed by atoms with E-state index in [0.29, 0.717) is 5.88 Å².